The number of carbonyl (C=O) groups excluding carboxylic acids is 1. The molecule has 3 nitrogen and oxygen atoms in total. The van der Waals surface area contributed by atoms with E-state index in [0.29, 0.717) is 12.5 Å². The minimum atomic E-state index is -0.532. The molecule has 1 aliphatic carbocycles. The number of hydrogen-bond donors (Lipinski definition) is 0. The molecule has 1 aliphatic heterocycles. The first-order valence-electron chi connectivity index (χ1n) is 10.8. The maximum absolute atomic E-state index is 12.9. The minimum Gasteiger partial charge on any atom is -0.460 e. The van der Waals surface area contributed by atoms with Crippen LogP contribution in [0.25, 0.3) is 0 Å². The van der Waals surface area contributed by atoms with Crippen LogP contribution in [0.5, 0.6) is 0 Å². The summed E-state index contributed by atoms with van der Waals surface area (Å²) in [7, 11) is 2.23. The Morgan fingerprint density at radius 2 is 2.00 bits per heavy atom. The van der Waals surface area contributed by atoms with Crippen molar-refractivity contribution in [3.63, 3.8) is 0 Å². The van der Waals surface area contributed by atoms with Gasteiger partial charge in [-0.15, -0.1) is 0 Å². The molecule has 0 aromatic heterocycles. The molecular formula is C25H35NO2. The molecule has 3 heteroatoms. The largest absolute Gasteiger partial charge is 0.460 e. The lowest BCUT2D eigenvalue weighted by Crippen LogP contribution is -2.28. The molecule has 0 bridgehead atoms. The lowest BCUT2D eigenvalue weighted by molar-refractivity contribution is -0.153. The summed E-state index contributed by atoms with van der Waals surface area (Å²) in [6, 6.07) is 9.93. The van der Waals surface area contributed by atoms with E-state index in [1.165, 1.54) is 13.0 Å². The van der Waals surface area contributed by atoms with Gasteiger partial charge in [0, 0.05) is 6.54 Å². The molecule has 0 N–H and O–H groups in total. The Bertz CT molecular complexity index is 721. The first-order chi connectivity index (χ1) is 13.5. The fourth-order valence-corrected chi connectivity index (χ4v) is 4.44. The number of esters is 1. The highest BCUT2D eigenvalue weighted by molar-refractivity contribution is 5.78. The van der Waals surface area contributed by atoms with Crippen molar-refractivity contribution >= 4 is 5.97 Å². The lowest BCUT2D eigenvalue weighted by Gasteiger charge is -2.28. The zero-order valence-electron chi connectivity index (χ0n) is 17.7. The maximum atomic E-state index is 12.9. The van der Waals surface area contributed by atoms with E-state index in [1.807, 2.05) is 37.3 Å². The van der Waals surface area contributed by atoms with Crippen LogP contribution in [0.3, 0.4) is 0 Å². The zero-order chi connectivity index (χ0) is 20.0. The van der Waals surface area contributed by atoms with Crippen molar-refractivity contribution in [1.29, 1.82) is 0 Å². The van der Waals surface area contributed by atoms with Crippen LogP contribution in [0.15, 0.2) is 53.6 Å². The van der Waals surface area contributed by atoms with E-state index in [0.717, 1.165) is 44.2 Å². The summed E-state index contributed by atoms with van der Waals surface area (Å²) >= 11 is 0. The van der Waals surface area contributed by atoms with Crippen LogP contribution in [0.2, 0.25) is 0 Å². The van der Waals surface area contributed by atoms with Crippen LogP contribution >= 0.6 is 0 Å². The van der Waals surface area contributed by atoms with Crippen LogP contribution in [0.4, 0.5) is 0 Å². The van der Waals surface area contributed by atoms with E-state index in [4.69, 9.17) is 4.74 Å². The third-order valence-corrected chi connectivity index (χ3v) is 6.46. The maximum Gasteiger partial charge on any atom is 0.315 e. The average Bonchev–Trinajstić information content (AvgIpc) is 2.78. The highest BCUT2D eigenvalue weighted by atomic mass is 16.5. The van der Waals surface area contributed by atoms with Gasteiger partial charge in [-0.1, -0.05) is 60.6 Å². The molecule has 1 aromatic rings. The summed E-state index contributed by atoms with van der Waals surface area (Å²) in [4.78, 5) is 15.4. The van der Waals surface area contributed by atoms with Gasteiger partial charge in [0.05, 0.1) is 5.41 Å². The third kappa shape index (κ3) is 5.35. The van der Waals surface area contributed by atoms with Crippen LogP contribution < -0.4 is 0 Å². The van der Waals surface area contributed by atoms with Crippen molar-refractivity contribution in [2.75, 3.05) is 20.1 Å². The van der Waals surface area contributed by atoms with Crippen molar-refractivity contribution < 1.29 is 9.53 Å². The van der Waals surface area contributed by atoms with Gasteiger partial charge in [-0.25, -0.2) is 0 Å². The summed E-state index contributed by atoms with van der Waals surface area (Å²) < 4.78 is 5.69. The van der Waals surface area contributed by atoms with Gasteiger partial charge in [0.2, 0.25) is 0 Å². The van der Waals surface area contributed by atoms with Crippen molar-refractivity contribution in [2.45, 2.75) is 59.0 Å². The number of carbonyl (C=O) groups is 1. The predicted octanol–water partition coefficient (Wildman–Crippen LogP) is 5.52. The number of nitrogens with zero attached hydrogens (tertiary/aromatic N) is 1. The number of ether oxygens (including phenoxy) is 1. The molecule has 152 valence electrons. The van der Waals surface area contributed by atoms with Gasteiger partial charge >= 0.3 is 5.97 Å². The molecule has 1 heterocycles. The molecule has 0 saturated carbocycles. The van der Waals surface area contributed by atoms with Crippen LogP contribution in [0.1, 0.15) is 57.9 Å². The Morgan fingerprint density at radius 1 is 1.21 bits per heavy atom. The second-order valence-electron chi connectivity index (χ2n) is 8.81. The van der Waals surface area contributed by atoms with Gasteiger partial charge in [0.15, 0.2) is 0 Å². The molecule has 0 amide bonds. The van der Waals surface area contributed by atoms with E-state index in [9.17, 15) is 4.79 Å². The van der Waals surface area contributed by atoms with E-state index >= 15 is 0 Å². The first kappa shape index (κ1) is 20.9. The van der Waals surface area contributed by atoms with Crippen LogP contribution in [-0.4, -0.2) is 31.0 Å². The van der Waals surface area contributed by atoms with Crippen molar-refractivity contribution in [3.05, 3.63) is 59.2 Å². The number of allylic oxidation sites excluding steroid dienone is 2. The molecule has 1 aromatic carbocycles. The standard InChI is InChI=1S/C25H35NO2/c1-20-13-17-26(3)18-14-22-11-7-15-25(2,16-8-12-23(20)22)24(27)28-19-21-9-5-4-6-10-21/h4-7,9-10,15,20H,8,11-14,16-19H2,1-3H3/b15-7+,23-22-/t20-,25?/m0/s1. The molecule has 2 atom stereocenters. The Balaban J connectivity index is 1.68. The molecule has 3 rings (SSSR count). The van der Waals surface area contributed by atoms with Gasteiger partial charge in [-0.3, -0.25) is 4.79 Å². The fourth-order valence-electron chi connectivity index (χ4n) is 4.44. The molecule has 0 fully saturated rings. The normalized spacial score (nSPS) is 30.8. The highest BCUT2D eigenvalue weighted by Crippen LogP contribution is 2.36. The third-order valence-electron chi connectivity index (χ3n) is 6.46. The molecule has 28 heavy (non-hydrogen) atoms. The monoisotopic (exact) mass is 381 g/mol. The quantitative estimate of drug-likeness (QED) is 0.510. The fraction of sp³-hybridized carbons (Fsp3) is 0.560. The molecular weight excluding hydrogens is 346 g/mol. The molecule has 1 unspecified atom stereocenters. The van der Waals surface area contributed by atoms with E-state index in [1.54, 1.807) is 11.1 Å². The van der Waals surface area contributed by atoms with Crippen molar-refractivity contribution in [1.82, 2.24) is 4.90 Å². The van der Waals surface area contributed by atoms with Crippen molar-refractivity contribution in [2.24, 2.45) is 11.3 Å². The summed E-state index contributed by atoms with van der Waals surface area (Å²) in [5.41, 5.74) is 3.75. The molecule has 0 spiro atoms. The van der Waals surface area contributed by atoms with Gasteiger partial charge in [-0.2, -0.15) is 0 Å². The second-order valence-corrected chi connectivity index (χ2v) is 8.81. The van der Waals surface area contributed by atoms with Gasteiger partial charge in [-0.05, 0) is 70.5 Å². The smallest absolute Gasteiger partial charge is 0.315 e. The van der Waals surface area contributed by atoms with E-state index < -0.39 is 5.41 Å². The average molecular weight is 382 g/mol. The second kappa shape index (κ2) is 9.56. The Hall–Kier alpha value is -1.87. The zero-order valence-corrected chi connectivity index (χ0v) is 17.7. The Labute approximate surface area is 170 Å². The topological polar surface area (TPSA) is 29.5 Å². The molecule has 0 saturated heterocycles. The Morgan fingerprint density at radius 3 is 2.79 bits per heavy atom. The highest BCUT2D eigenvalue weighted by Gasteiger charge is 2.33. The lowest BCUT2D eigenvalue weighted by atomic mass is 9.82. The summed E-state index contributed by atoms with van der Waals surface area (Å²) in [5.74, 6) is 0.537. The molecule has 2 aliphatic rings. The number of hydrogen-bond acceptors (Lipinski definition) is 3. The van der Waals surface area contributed by atoms with Crippen LogP contribution in [-0.2, 0) is 16.1 Å². The summed E-state index contributed by atoms with van der Waals surface area (Å²) in [6.07, 6.45) is 10.7. The van der Waals surface area contributed by atoms with E-state index in [-0.39, 0.29) is 5.97 Å². The first-order valence-corrected chi connectivity index (χ1v) is 10.8. The van der Waals surface area contributed by atoms with Crippen molar-refractivity contribution in [3.8, 4) is 0 Å². The van der Waals surface area contributed by atoms with Gasteiger partial charge in [0.25, 0.3) is 0 Å². The van der Waals surface area contributed by atoms with Crippen LogP contribution in [0, 0.1) is 11.3 Å². The number of benzene rings is 1. The number of rotatable bonds is 3. The van der Waals surface area contributed by atoms with Gasteiger partial charge in [0.1, 0.15) is 6.61 Å². The summed E-state index contributed by atoms with van der Waals surface area (Å²) in [6.45, 7) is 7.08. The SMILES string of the molecule is C[C@H]1CCN(C)CC/C2=C\1CCCC(C)(C(=O)OCc1ccccc1)/C=C/C2. The van der Waals surface area contributed by atoms with Gasteiger partial charge < -0.3 is 9.64 Å². The van der Waals surface area contributed by atoms with E-state index in [2.05, 4.69) is 31.0 Å². The predicted molar refractivity (Wildman–Crippen MR) is 115 cm³/mol. The molecule has 0 radical (unpaired) electrons. The minimum absolute atomic E-state index is 0.102. The summed E-state index contributed by atoms with van der Waals surface area (Å²) in [5, 5.41) is 0. The Kier molecular flexibility index (Phi) is 7.12.